The predicted molar refractivity (Wildman–Crippen MR) is 289 cm³/mol. The van der Waals surface area contributed by atoms with Crippen molar-refractivity contribution < 1.29 is 31.7 Å². The van der Waals surface area contributed by atoms with E-state index in [1.165, 1.54) is 11.1 Å². The Morgan fingerprint density at radius 1 is 0.681 bits per heavy atom. The van der Waals surface area contributed by atoms with Crippen molar-refractivity contribution >= 4 is 11.0 Å². The quantitative estimate of drug-likeness (QED) is 0.117. The SMILES string of the molecule is [2H]C([2H])([2H])c1cc(-c2c(C(C)(CC)CC)cccc2C(C)(CC)CC)ccc1-n1c(-c2cc(C)cc(C)c2O)nc2c(-c3[c-]c(-c4cc(-c5ccc(C([2H])(C)C)cc5)ccn4)cc(C(C)(C)C)c3)cccc21.[Pt]. The minimum absolute atomic E-state index is 0. The van der Waals surface area contributed by atoms with E-state index < -0.39 is 12.7 Å². The van der Waals surface area contributed by atoms with E-state index in [2.05, 4.69) is 129 Å². The summed E-state index contributed by atoms with van der Waals surface area (Å²) in [7, 11) is 0. The number of aromatic hydroxyl groups is 1. The summed E-state index contributed by atoms with van der Waals surface area (Å²) in [5.74, 6) is -0.166. The maximum Gasteiger partial charge on any atom is 0.148 e. The summed E-state index contributed by atoms with van der Waals surface area (Å²) in [5, 5.41) is 11.9. The Bertz CT molecular complexity index is 3270. The number of aromatic nitrogens is 3. The van der Waals surface area contributed by atoms with Crippen LogP contribution in [0.15, 0.2) is 121 Å². The van der Waals surface area contributed by atoms with E-state index in [-0.39, 0.29) is 48.6 Å². The Morgan fingerprint density at radius 2 is 1.30 bits per heavy atom. The van der Waals surface area contributed by atoms with E-state index in [9.17, 15) is 9.22 Å². The summed E-state index contributed by atoms with van der Waals surface area (Å²) >= 11 is 0. The van der Waals surface area contributed by atoms with E-state index in [0.717, 1.165) is 87.0 Å². The molecule has 6 aromatic carbocycles. The van der Waals surface area contributed by atoms with Crippen LogP contribution in [0.2, 0.25) is 0 Å². The summed E-state index contributed by atoms with van der Waals surface area (Å²) in [6.45, 7) is 25.4. The zero-order valence-electron chi connectivity index (χ0n) is 47.0. The number of benzene rings is 6. The number of para-hydroxylation sites is 1. The van der Waals surface area contributed by atoms with Gasteiger partial charge in [-0.25, -0.2) is 4.98 Å². The fraction of sp³-hybridized carbons (Fsp3) is 0.344. The molecule has 0 unspecified atom stereocenters. The summed E-state index contributed by atoms with van der Waals surface area (Å²) in [6, 6.07) is 43.0. The third kappa shape index (κ3) is 9.68. The fourth-order valence-electron chi connectivity index (χ4n) is 9.93. The standard InChI is InChI=1S/C64H72N3O.Pt/c1-15-63(13,16-2)53-22-20-23-54(64(14,17-3)18-4)58(53)47-29-30-56(42(8)35-47)67-57-24-19-21-51(59(57)66-61(67)52-34-41(7)33-43(9)60(52)68)48-36-49(38-50(37-48)62(10,11)12)55-39-46(31-32-65-55)45-27-25-44(26-28-45)40(5)6;/h19-35,37-40,68H,15-18H2,1-14H3;/q-1;/i8D3,40D;. The number of pyridine rings is 1. The van der Waals surface area contributed by atoms with Gasteiger partial charge in [0, 0.05) is 38.4 Å². The van der Waals surface area contributed by atoms with E-state index in [0.29, 0.717) is 33.7 Å². The van der Waals surface area contributed by atoms with Crippen LogP contribution in [0.4, 0.5) is 0 Å². The number of rotatable bonds is 13. The topological polar surface area (TPSA) is 50.9 Å². The van der Waals surface area contributed by atoms with E-state index >= 15 is 0 Å². The van der Waals surface area contributed by atoms with Gasteiger partial charge in [-0.15, -0.1) is 29.3 Å². The summed E-state index contributed by atoms with van der Waals surface area (Å²) in [4.78, 5) is 10.4. The van der Waals surface area contributed by atoms with Gasteiger partial charge in [-0.1, -0.05) is 160 Å². The normalized spacial score (nSPS) is 13.4. The Balaban J connectivity index is 0.00000780. The molecule has 0 fully saturated rings. The molecule has 0 saturated heterocycles. The van der Waals surface area contributed by atoms with Crippen molar-refractivity contribution in [1.82, 2.24) is 14.5 Å². The molecule has 0 radical (unpaired) electrons. The number of imidazole rings is 1. The molecule has 5 heteroatoms. The fourth-order valence-corrected chi connectivity index (χ4v) is 9.93. The maximum absolute atomic E-state index is 11.9. The Labute approximate surface area is 433 Å². The number of hydrogen-bond acceptors (Lipinski definition) is 3. The summed E-state index contributed by atoms with van der Waals surface area (Å²) in [6.07, 6.45) is 5.58. The molecule has 4 nitrogen and oxygen atoms in total. The van der Waals surface area contributed by atoms with Crippen LogP contribution in [-0.4, -0.2) is 19.6 Å². The number of phenols is 1. The number of phenolic OH excluding ortho intramolecular Hbond substituents is 1. The number of hydrogen-bond donors (Lipinski definition) is 1. The molecule has 0 aliphatic rings. The van der Waals surface area contributed by atoms with E-state index in [1.807, 2.05) is 93.1 Å². The average molecular weight is 1100 g/mol. The third-order valence-electron chi connectivity index (χ3n) is 15.2. The number of aryl methyl sites for hydroxylation is 3. The molecule has 0 amide bonds. The molecule has 8 aromatic rings. The second kappa shape index (κ2) is 20.0. The van der Waals surface area contributed by atoms with Crippen molar-refractivity contribution in [2.75, 3.05) is 0 Å². The van der Waals surface area contributed by atoms with Crippen LogP contribution in [0.1, 0.15) is 152 Å². The second-order valence-electron chi connectivity index (χ2n) is 20.9. The van der Waals surface area contributed by atoms with Crippen molar-refractivity contribution in [2.24, 2.45) is 0 Å². The van der Waals surface area contributed by atoms with E-state index in [4.69, 9.17) is 11.3 Å². The van der Waals surface area contributed by atoms with Gasteiger partial charge in [0.15, 0.2) is 0 Å². The van der Waals surface area contributed by atoms with Crippen LogP contribution in [-0.2, 0) is 37.3 Å². The predicted octanol–water partition coefficient (Wildman–Crippen LogP) is 17.8. The number of nitrogens with zero attached hydrogens (tertiary/aromatic N) is 3. The van der Waals surface area contributed by atoms with Gasteiger partial charge in [-0.05, 0) is 154 Å². The maximum atomic E-state index is 11.9. The van der Waals surface area contributed by atoms with Gasteiger partial charge in [0.25, 0.3) is 0 Å². The van der Waals surface area contributed by atoms with Crippen LogP contribution >= 0.6 is 0 Å². The Morgan fingerprint density at radius 3 is 1.91 bits per heavy atom. The van der Waals surface area contributed by atoms with Gasteiger partial charge in [0.05, 0.1) is 22.3 Å². The molecule has 2 heterocycles. The average Bonchev–Trinajstić information content (AvgIpc) is 3.75. The molecule has 8 rings (SSSR count). The van der Waals surface area contributed by atoms with Crippen molar-refractivity contribution in [3.63, 3.8) is 0 Å². The molecule has 0 saturated carbocycles. The first-order valence-electron chi connectivity index (χ1n) is 26.6. The monoisotopic (exact) mass is 1100 g/mol. The van der Waals surface area contributed by atoms with Crippen molar-refractivity contribution in [3.8, 4) is 67.5 Å². The van der Waals surface area contributed by atoms with E-state index in [1.54, 1.807) is 0 Å². The molecule has 360 valence electrons. The van der Waals surface area contributed by atoms with Gasteiger partial charge in [0.2, 0.25) is 0 Å². The molecule has 0 atom stereocenters. The van der Waals surface area contributed by atoms with Crippen LogP contribution < -0.4 is 0 Å². The van der Waals surface area contributed by atoms with Crippen LogP contribution in [0.3, 0.4) is 0 Å². The Hall–Kier alpha value is -5.57. The van der Waals surface area contributed by atoms with Crippen LogP contribution in [0.25, 0.3) is 72.7 Å². The zero-order chi connectivity index (χ0) is 52.3. The van der Waals surface area contributed by atoms with Gasteiger partial charge >= 0.3 is 0 Å². The van der Waals surface area contributed by atoms with Crippen LogP contribution in [0, 0.1) is 26.8 Å². The van der Waals surface area contributed by atoms with Crippen molar-refractivity contribution in [2.45, 2.75) is 145 Å². The van der Waals surface area contributed by atoms with Crippen molar-refractivity contribution in [3.05, 3.63) is 166 Å². The Kier molecular flexibility index (Phi) is 13.3. The third-order valence-corrected chi connectivity index (χ3v) is 15.2. The second-order valence-corrected chi connectivity index (χ2v) is 20.9. The van der Waals surface area contributed by atoms with Gasteiger partial charge in [-0.3, -0.25) is 9.55 Å². The molecule has 0 aliphatic carbocycles. The molecular formula is C64H72N3OPt-. The van der Waals surface area contributed by atoms with Gasteiger partial charge in [0.1, 0.15) is 11.6 Å². The van der Waals surface area contributed by atoms with Crippen LogP contribution in [0.5, 0.6) is 5.75 Å². The van der Waals surface area contributed by atoms with Gasteiger partial charge < -0.3 is 5.11 Å². The number of fused-ring (bicyclic) bond motifs is 1. The molecule has 2 aromatic heterocycles. The molecule has 1 N–H and O–H groups in total. The molecule has 0 bridgehead atoms. The molecular weight excluding hydrogens is 1020 g/mol. The van der Waals surface area contributed by atoms with Crippen molar-refractivity contribution in [1.29, 1.82) is 0 Å². The zero-order valence-corrected chi connectivity index (χ0v) is 45.3. The first-order valence-corrected chi connectivity index (χ1v) is 24.6. The molecule has 0 aliphatic heterocycles. The first-order chi connectivity index (χ1) is 33.8. The molecule has 0 spiro atoms. The summed E-state index contributed by atoms with van der Waals surface area (Å²) < 4.78 is 38.3. The first kappa shape index (κ1) is 45.8. The molecule has 69 heavy (non-hydrogen) atoms. The smallest absolute Gasteiger partial charge is 0.148 e. The minimum Gasteiger partial charge on any atom is -0.507 e. The van der Waals surface area contributed by atoms with Gasteiger partial charge in [-0.2, -0.15) is 0 Å². The largest absolute Gasteiger partial charge is 0.507 e. The minimum atomic E-state index is -2.53. The summed E-state index contributed by atoms with van der Waals surface area (Å²) in [5.41, 5.74) is 15.5.